The molecule has 1 aliphatic heterocycles. The molecule has 108 valence electrons. The maximum atomic E-state index is 12.2. The zero-order valence-electron chi connectivity index (χ0n) is 11.7. The number of carboxylic acid groups (broad SMARTS) is 1. The van der Waals surface area contributed by atoms with Gasteiger partial charge in [-0.2, -0.15) is 0 Å². The van der Waals surface area contributed by atoms with Crippen LogP contribution in [0.3, 0.4) is 0 Å². The summed E-state index contributed by atoms with van der Waals surface area (Å²) in [4.78, 5) is 28.7. The van der Waals surface area contributed by atoms with Crippen molar-refractivity contribution in [3.05, 3.63) is 24.0 Å². The first-order chi connectivity index (χ1) is 9.49. The molecule has 2 unspecified atom stereocenters. The minimum Gasteiger partial charge on any atom is -0.476 e. The molecule has 1 aromatic heterocycles. The van der Waals surface area contributed by atoms with Gasteiger partial charge in [0.05, 0.1) is 5.69 Å². The van der Waals surface area contributed by atoms with Gasteiger partial charge in [-0.05, 0) is 30.4 Å². The zero-order valence-corrected chi connectivity index (χ0v) is 11.7. The molecule has 0 saturated carbocycles. The van der Waals surface area contributed by atoms with Gasteiger partial charge < -0.3 is 15.3 Å². The molecule has 6 nitrogen and oxygen atoms in total. The Labute approximate surface area is 117 Å². The Morgan fingerprint density at radius 3 is 2.80 bits per heavy atom. The second-order valence-corrected chi connectivity index (χ2v) is 5.32. The van der Waals surface area contributed by atoms with Gasteiger partial charge in [0.1, 0.15) is 0 Å². The first-order valence-electron chi connectivity index (χ1n) is 6.73. The molecule has 1 saturated heterocycles. The number of anilines is 1. The van der Waals surface area contributed by atoms with Crippen LogP contribution in [0.25, 0.3) is 0 Å². The number of aromatic nitrogens is 1. The number of likely N-dealkylation sites (tertiary alicyclic amines) is 1. The summed E-state index contributed by atoms with van der Waals surface area (Å²) in [5, 5.41) is 11.7. The van der Waals surface area contributed by atoms with Crippen molar-refractivity contribution in [3.63, 3.8) is 0 Å². The quantitative estimate of drug-likeness (QED) is 0.868. The molecule has 2 N–H and O–H groups in total. The number of nitrogens with one attached hydrogen (secondary N) is 1. The molecule has 0 radical (unpaired) electrons. The van der Waals surface area contributed by atoms with Gasteiger partial charge >= 0.3 is 12.0 Å². The lowest BCUT2D eigenvalue weighted by atomic mass is 9.89. The van der Waals surface area contributed by atoms with Crippen LogP contribution in [0.2, 0.25) is 0 Å². The second-order valence-electron chi connectivity index (χ2n) is 5.32. The highest BCUT2D eigenvalue weighted by Gasteiger charge is 2.26. The monoisotopic (exact) mass is 277 g/mol. The molecular weight excluding hydrogens is 258 g/mol. The Hall–Kier alpha value is -2.11. The topological polar surface area (TPSA) is 82.5 Å². The number of nitrogens with zero attached hydrogens (tertiary/aromatic N) is 2. The first kappa shape index (κ1) is 14.3. The number of rotatable bonds is 2. The molecule has 0 aliphatic carbocycles. The minimum absolute atomic E-state index is 0.140. The lowest BCUT2D eigenvalue weighted by molar-refractivity contribution is 0.0691. The van der Waals surface area contributed by atoms with E-state index >= 15 is 0 Å². The molecule has 0 spiro atoms. The highest BCUT2D eigenvalue weighted by Crippen LogP contribution is 2.23. The van der Waals surface area contributed by atoms with Crippen LogP contribution in [0, 0.1) is 11.8 Å². The first-order valence-corrected chi connectivity index (χ1v) is 6.73. The lowest BCUT2D eigenvalue weighted by Gasteiger charge is -2.35. The fraction of sp³-hybridized carbons (Fsp3) is 0.500. The van der Waals surface area contributed by atoms with E-state index in [2.05, 4.69) is 24.1 Å². The van der Waals surface area contributed by atoms with E-state index in [-0.39, 0.29) is 17.4 Å². The molecule has 2 atom stereocenters. The van der Waals surface area contributed by atoms with Gasteiger partial charge in [-0.3, -0.25) is 0 Å². The summed E-state index contributed by atoms with van der Waals surface area (Å²) in [6.45, 7) is 5.69. The number of carbonyl (C=O) groups is 2. The summed E-state index contributed by atoms with van der Waals surface area (Å²) < 4.78 is 0. The van der Waals surface area contributed by atoms with Crippen molar-refractivity contribution in [2.45, 2.75) is 20.3 Å². The summed E-state index contributed by atoms with van der Waals surface area (Å²) >= 11 is 0. The van der Waals surface area contributed by atoms with Crippen LogP contribution < -0.4 is 5.32 Å². The van der Waals surface area contributed by atoms with Crippen molar-refractivity contribution in [1.29, 1.82) is 0 Å². The van der Waals surface area contributed by atoms with Gasteiger partial charge in [-0.1, -0.05) is 13.8 Å². The predicted octanol–water partition coefficient (Wildman–Crippen LogP) is 2.29. The van der Waals surface area contributed by atoms with Crippen LogP contribution in [0.4, 0.5) is 10.5 Å². The third-order valence-electron chi connectivity index (χ3n) is 3.87. The van der Waals surface area contributed by atoms with E-state index in [1.165, 1.54) is 6.20 Å². The average Bonchev–Trinajstić information content (AvgIpc) is 2.42. The molecule has 20 heavy (non-hydrogen) atoms. The summed E-state index contributed by atoms with van der Waals surface area (Å²) in [7, 11) is 0. The van der Waals surface area contributed by atoms with Crippen molar-refractivity contribution in [3.8, 4) is 0 Å². The lowest BCUT2D eigenvalue weighted by Crippen LogP contribution is -2.44. The maximum absolute atomic E-state index is 12.2. The Morgan fingerprint density at radius 2 is 2.15 bits per heavy atom. The summed E-state index contributed by atoms with van der Waals surface area (Å²) in [5.41, 5.74) is 0.0931. The molecule has 1 fully saturated rings. The van der Waals surface area contributed by atoms with Crippen LogP contribution in [-0.2, 0) is 0 Å². The van der Waals surface area contributed by atoms with Crippen LogP contribution >= 0.6 is 0 Å². The predicted molar refractivity (Wildman–Crippen MR) is 74.7 cm³/mol. The SMILES string of the molecule is CC1CCN(C(=O)Nc2cccnc2C(=O)O)CC1C. The minimum atomic E-state index is -1.15. The molecule has 0 aromatic carbocycles. The van der Waals surface area contributed by atoms with E-state index in [1.807, 2.05) is 0 Å². The highest BCUT2D eigenvalue weighted by atomic mass is 16.4. The number of hydrogen-bond acceptors (Lipinski definition) is 3. The number of aromatic carboxylic acids is 1. The van der Waals surface area contributed by atoms with Gasteiger partial charge in [-0.25, -0.2) is 14.6 Å². The van der Waals surface area contributed by atoms with Gasteiger partial charge in [0.2, 0.25) is 0 Å². The fourth-order valence-corrected chi connectivity index (χ4v) is 2.32. The average molecular weight is 277 g/mol. The molecule has 0 bridgehead atoms. The summed E-state index contributed by atoms with van der Waals surface area (Å²) in [6, 6.07) is 2.88. The van der Waals surface area contributed by atoms with E-state index in [0.717, 1.165) is 6.42 Å². The number of carboxylic acids is 1. The van der Waals surface area contributed by atoms with Crippen molar-refractivity contribution in [2.24, 2.45) is 11.8 Å². The van der Waals surface area contributed by atoms with E-state index in [9.17, 15) is 9.59 Å². The molecule has 2 rings (SSSR count). The second kappa shape index (κ2) is 5.90. The van der Waals surface area contributed by atoms with Crippen molar-refractivity contribution >= 4 is 17.7 Å². The number of hydrogen-bond donors (Lipinski definition) is 2. The molecule has 2 heterocycles. The third kappa shape index (κ3) is 3.07. The Morgan fingerprint density at radius 1 is 1.40 bits per heavy atom. The van der Waals surface area contributed by atoms with Crippen LogP contribution in [0.1, 0.15) is 30.8 Å². The van der Waals surface area contributed by atoms with E-state index in [1.54, 1.807) is 17.0 Å². The summed E-state index contributed by atoms with van der Waals surface area (Å²) in [5.74, 6) is -0.101. The fourth-order valence-electron chi connectivity index (χ4n) is 2.32. The van der Waals surface area contributed by atoms with Gasteiger partial charge in [0, 0.05) is 19.3 Å². The largest absolute Gasteiger partial charge is 0.476 e. The van der Waals surface area contributed by atoms with E-state index in [4.69, 9.17) is 5.11 Å². The molecular formula is C14H19N3O3. The van der Waals surface area contributed by atoms with Crippen molar-refractivity contribution in [1.82, 2.24) is 9.88 Å². The standard InChI is InChI=1S/C14H19N3O3/c1-9-5-7-17(8-10(9)2)14(20)16-11-4-3-6-15-12(11)13(18)19/h3-4,6,9-10H,5,7-8H2,1-2H3,(H,16,20)(H,18,19). The molecule has 1 aromatic rings. The Kier molecular flexibility index (Phi) is 4.22. The summed E-state index contributed by atoms with van der Waals surface area (Å²) in [6.07, 6.45) is 2.36. The highest BCUT2D eigenvalue weighted by molar-refractivity contribution is 5.98. The Bertz CT molecular complexity index is 518. The van der Waals surface area contributed by atoms with Gasteiger partial charge in [0.15, 0.2) is 5.69 Å². The van der Waals surface area contributed by atoms with Crippen molar-refractivity contribution in [2.75, 3.05) is 18.4 Å². The van der Waals surface area contributed by atoms with Crippen LogP contribution in [0.5, 0.6) is 0 Å². The normalized spacial score (nSPS) is 22.4. The third-order valence-corrected chi connectivity index (χ3v) is 3.87. The maximum Gasteiger partial charge on any atom is 0.356 e. The molecule has 1 aliphatic rings. The number of urea groups is 1. The number of piperidine rings is 1. The number of pyridine rings is 1. The number of amides is 2. The molecule has 6 heteroatoms. The Balaban J connectivity index is 2.07. The van der Waals surface area contributed by atoms with E-state index in [0.29, 0.717) is 24.9 Å². The van der Waals surface area contributed by atoms with Crippen LogP contribution in [-0.4, -0.2) is 40.1 Å². The van der Waals surface area contributed by atoms with E-state index < -0.39 is 5.97 Å². The van der Waals surface area contributed by atoms with Gasteiger partial charge in [-0.15, -0.1) is 0 Å². The smallest absolute Gasteiger partial charge is 0.356 e. The number of carbonyl (C=O) groups excluding carboxylic acids is 1. The van der Waals surface area contributed by atoms with Crippen LogP contribution in [0.15, 0.2) is 18.3 Å². The molecule has 2 amide bonds. The van der Waals surface area contributed by atoms with Gasteiger partial charge in [0.25, 0.3) is 0 Å². The van der Waals surface area contributed by atoms with Crippen molar-refractivity contribution < 1.29 is 14.7 Å². The zero-order chi connectivity index (χ0) is 14.7.